The molecule has 0 aromatic carbocycles. The quantitative estimate of drug-likeness (QED) is 0.0287. The van der Waals surface area contributed by atoms with Gasteiger partial charge in [-0.05, 0) is 12.8 Å². The highest BCUT2D eigenvalue weighted by Gasteiger charge is 2.55. The van der Waals surface area contributed by atoms with Gasteiger partial charge in [-0.2, -0.15) is 0 Å². The van der Waals surface area contributed by atoms with Crippen LogP contribution in [0.15, 0.2) is 4.99 Å². The molecule has 0 aromatic heterocycles. The predicted octanol–water partition coefficient (Wildman–Crippen LogP) is -14.6. The van der Waals surface area contributed by atoms with Gasteiger partial charge in [0.15, 0.2) is 43.6 Å². The van der Waals surface area contributed by atoms with Crippen molar-refractivity contribution in [2.24, 2.45) is 10.9 Å². The third-order valence-corrected chi connectivity index (χ3v) is 14.4. The van der Waals surface area contributed by atoms with Crippen molar-refractivity contribution in [3.8, 4) is 0 Å². The fourth-order valence-electron chi connectivity index (χ4n) is 9.37. The normalized spacial score (nSPS) is 40.5. The number of nitrogens with zero attached hydrogens (tertiary/aromatic N) is 1. The molecule has 0 spiro atoms. The second-order valence-corrected chi connectivity index (χ2v) is 20.2. The largest absolute Gasteiger partial charge is 0.450 e. The molecule has 33 atom stereocenters. The molecule has 0 amide bonds. The van der Waals surface area contributed by atoms with Gasteiger partial charge in [0.2, 0.25) is 6.29 Å². The summed E-state index contributed by atoms with van der Waals surface area (Å²) in [6, 6.07) is -1.19. The average Bonchev–Trinajstić information content (AvgIpc) is 3.98. The fraction of sp³-hybridized carbons (Fsp3) is 0.978. The van der Waals surface area contributed by atoms with Crippen molar-refractivity contribution >= 4 is 5.90 Å². The van der Waals surface area contributed by atoms with E-state index in [1.165, 1.54) is 6.92 Å². The molecule has 0 aromatic rings. The van der Waals surface area contributed by atoms with Gasteiger partial charge in [0.05, 0.1) is 58.0 Å². The Hall–Kier alpha value is -1.89. The molecule has 0 aliphatic carbocycles. The molecule has 81 heavy (non-hydrogen) atoms. The van der Waals surface area contributed by atoms with Crippen molar-refractivity contribution in [1.29, 1.82) is 0 Å². The first-order valence-electron chi connectivity index (χ1n) is 25.8. The second kappa shape index (κ2) is 31.7. The molecule has 0 radical (unpaired) electrons. The van der Waals surface area contributed by atoms with Crippen LogP contribution in [0.3, 0.4) is 0 Å². The van der Waals surface area contributed by atoms with E-state index in [2.05, 4.69) is 4.99 Å². The number of aliphatic hydroxyl groups excluding tert-OH is 24. The number of fused-ring (bicyclic) bond motifs is 1. The van der Waals surface area contributed by atoms with E-state index in [-0.39, 0.29) is 5.90 Å². The van der Waals surface area contributed by atoms with Gasteiger partial charge in [-0.15, -0.1) is 0 Å². The zero-order valence-electron chi connectivity index (χ0n) is 43.6. The van der Waals surface area contributed by atoms with Crippen molar-refractivity contribution in [2.45, 2.75) is 223 Å². The van der Waals surface area contributed by atoms with E-state index in [0.29, 0.717) is 0 Å². The van der Waals surface area contributed by atoms with Gasteiger partial charge >= 0.3 is 0 Å². The molecule has 5 aliphatic heterocycles. The Balaban J connectivity index is 1.41. The van der Waals surface area contributed by atoms with Crippen molar-refractivity contribution in [1.82, 2.24) is 0 Å². The van der Waals surface area contributed by atoms with Crippen molar-refractivity contribution in [2.75, 3.05) is 46.2 Å². The standard InChI is InChI=1S/C45H81NO35/c1-12(11-72-40(69)33(66)35(79-43-31(64)27(60)23(56)16(7-48)74-43)15(53)4-6-71-39(68)30(63)22(55)14(52)3-5-47)21(54)37(34(67)41(70)78-36-19(10-51)77-42-20(26(36)59)46-13(2)73-42)80-45-38(29(62)25(58)18(9-50)76-45)81-44-32(65)28(61)24(57)17(8-49)75-44/h12,14-45,47-70H,3-11H2,1-2H3/t12?,14-,15-,16+,17+,18+,19?,20?,21-,22+,23-,24-,25-,26-,27?,28?,29?,30?,31?,32?,33-,34?,35?,36-,37+,38?,39-,40-,41+,42+,43-,44-,45-/m1/s1. The van der Waals surface area contributed by atoms with E-state index in [4.69, 9.17) is 57.2 Å². The van der Waals surface area contributed by atoms with Gasteiger partial charge in [0.1, 0.15) is 134 Å². The minimum atomic E-state index is -2.61. The van der Waals surface area contributed by atoms with Crippen LogP contribution >= 0.6 is 0 Å². The zero-order chi connectivity index (χ0) is 60.5. The number of hydrogen-bond acceptors (Lipinski definition) is 36. The van der Waals surface area contributed by atoms with Crippen LogP contribution in [0.2, 0.25) is 0 Å². The lowest BCUT2D eigenvalue weighted by Gasteiger charge is -2.47. The van der Waals surface area contributed by atoms with Crippen molar-refractivity contribution in [3.05, 3.63) is 0 Å². The Morgan fingerprint density at radius 1 is 0.457 bits per heavy atom. The topological polar surface area (TPSA) is 599 Å². The van der Waals surface area contributed by atoms with Gasteiger partial charge in [-0.3, -0.25) is 0 Å². The third-order valence-electron chi connectivity index (χ3n) is 14.4. The van der Waals surface area contributed by atoms with E-state index in [1.807, 2.05) is 0 Å². The smallest absolute Gasteiger partial charge is 0.227 e. The van der Waals surface area contributed by atoms with E-state index in [0.717, 1.165) is 6.92 Å². The van der Waals surface area contributed by atoms with Crippen LogP contribution < -0.4 is 0 Å². The summed E-state index contributed by atoms with van der Waals surface area (Å²) in [5.41, 5.74) is 0. The van der Waals surface area contributed by atoms with Crippen LogP contribution in [0.25, 0.3) is 0 Å². The summed E-state index contributed by atoms with van der Waals surface area (Å²) in [7, 11) is 0. The second-order valence-electron chi connectivity index (χ2n) is 20.2. The van der Waals surface area contributed by atoms with Crippen LogP contribution in [-0.4, -0.2) is 371 Å². The van der Waals surface area contributed by atoms with Crippen molar-refractivity contribution in [3.63, 3.8) is 0 Å². The summed E-state index contributed by atoms with van der Waals surface area (Å²) in [5.74, 6) is -1.49. The lowest BCUT2D eigenvalue weighted by Crippen LogP contribution is -2.66. The Morgan fingerprint density at radius 2 is 0.963 bits per heavy atom. The highest BCUT2D eigenvalue weighted by Crippen LogP contribution is 2.35. The van der Waals surface area contributed by atoms with Gasteiger partial charge in [0.25, 0.3) is 0 Å². The van der Waals surface area contributed by atoms with Crippen molar-refractivity contribution < 1.29 is 175 Å². The Bertz CT molecular complexity index is 1850. The Labute approximate surface area is 460 Å². The number of hydrogen-bond donors (Lipinski definition) is 24. The summed E-state index contributed by atoms with van der Waals surface area (Å²) in [6.45, 7) is -3.69. The zero-order valence-corrected chi connectivity index (χ0v) is 43.6. The van der Waals surface area contributed by atoms with Crippen LogP contribution in [0.1, 0.15) is 26.7 Å². The molecule has 24 N–H and O–H groups in total. The highest BCUT2D eigenvalue weighted by molar-refractivity contribution is 5.75. The minimum Gasteiger partial charge on any atom is -0.450 e. The molecular weight excluding hydrogens is 1110 g/mol. The van der Waals surface area contributed by atoms with Crippen LogP contribution in [0.4, 0.5) is 0 Å². The molecule has 5 aliphatic rings. The molecule has 12 unspecified atom stereocenters. The number of aliphatic imine (C=N–C) groups is 1. The van der Waals surface area contributed by atoms with Gasteiger partial charge < -0.3 is 175 Å². The third kappa shape index (κ3) is 16.8. The fourth-order valence-corrected chi connectivity index (χ4v) is 9.37. The first-order valence-corrected chi connectivity index (χ1v) is 25.8. The summed E-state index contributed by atoms with van der Waals surface area (Å²) in [4.78, 5) is 4.11. The molecular formula is C45H81NO35. The number of aliphatic hydroxyl groups is 24. The van der Waals surface area contributed by atoms with E-state index in [1.54, 1.807) is 0 Å². The van der Waals surface area contributed by atoms with Crippen LogP contribution in [0.5, 0.6) is 0 Å². The highest BCUT2D eigenvalue weighted by atomic mass is 16.8. The number of ether oxygens (including phenoxy) is 11. The summed E-state index contributed by atoms with van der Waals surface area (Å²) in [5, 5.41) is 255. The van der Waals surface area contributed by atoms with E-state index in [9.17, 15) is 117 Å². The van der Waals surface area contributed by atoms with Crippen LogP contribution in [-0.2, 0) is 52.1 Å². The van der Waals surface area contributed by atoms with Gasteiger partial charge in [-0.1, -0.05) is 6.92 Å². The molecule has 476 valence electrons. The summed E-state index contributed by atoms with van der Waals surface area (Å²) < 4.78 is 60.7. The molecule has 4 saturated heterocycles. The molecule has 5 rings (SSSR count). The van der Waals surface area contributed by atoms with Gasteiger partial charge in [-0.25, -0.2) is 4.99 Å². The molecule has 4 fully saturated rings. The molecule has 0 bridgehead atoms. The van der Waals surface area contributed by atoms with E-state index < -0.39 is 262 Å². The Morgan fingerprint density at radius 3 is 1.53 bits per heavy atom. The molecule has 36 nitrogen and oxygen atoms in total. The summed E-state index contributed by atoms with van der Waals surface area (Å²) >= 11 is 0. The maximum absolute atomic E-state index is 12.0. The maximum Gasteiger partial charge on any atom is 0.227 e. The lowest BCUT2D eigenvalue weighted by molar-refractivity contribution is -0.381. The summed E-state index contributed by atoms with van der Waals surface area (Å²) in [6.07, 6.45) is -65.0. The number of rotatable bonds is 31. The molecule has 0 saturated carbocycles. The average molecular weight is 1200 g/mol. The Kier molecular flexibility index (Phi) is 27.3. The van der Waals surface area contributed by atoms with Gasteiger partial charge in [0, 0.05) is 19.4 Å². The minimum absolute atomic E-state index is 0.0664. The maximum atomic E-state index is 12.0. The predicted molar refractivity (Wildman–Crippen MR) is 252 cm³/mol. The monoisotopic (exact) mass is 1200 g/mol. The first-order chi connectivity index (χ1) is 38.2. The van der Waals surface area contributed by atoms with Crippen LogP contribution in [0, 0.1) is 5.92 Å². The van der Waals surface area contributed by atoms with E-state index >= 15 is 0 Å². The SMILES string of the molecule is CC1=NC2[C@@H](O1)OC(CO)[C@@H](O[C@H](O)C(O)[C@@H](O[C@H]1O[C@@H](CO)[C@@H](O)C(O)C1O[C@H]1O[C@@H](CO)[C@@H](O)C(O)C1O)[C@H](O)C(C)CO[C@@H](O)[C@H](O)C(O[C@H]1O[C@@H](CO)[C@@H](O)C(O)C1O)[C@H](O)CCO[C@@H](O)C(O)[C@@H](O)[C@H](O)CCO)[C@@H]2O. The first kappa shape index (κ1) is 69.9. The molecule has 36 heteroatoms. The molecule has 5 heterocycles. The lowest BCUT2D eigenvalue weighted by atomic mass is 9.94.